The molecule has 0 bridgehead atoms. The van der Waals surface area contributed by atoms with Crippen LogP contribution >= 0.6 is 0 Å². The van der Waals surface area contributed by atoms with E-state index >= 15 is 0 Å². The lowest BCUT2D eigenvalue weighted by Gasteiger charge is -2.37. The summed E-state index contributed by atoms with van der Waals surface area (Å²) in [6.07, 6.45) is 3.18. The summed E-state index contributed by atoms with van der Waals surface area (Å²) in [6, 6.07) is 24.1. The molecule has 2 aliphatic rings. The third kappa shape index (κ3) is 9.10. The van der Waals surface area contributed by atoms with Crippen LogP contribution in [0.25, 0.3) is 0 Å². The molecule has 8 nitrogen and oxygen atoms in total. The van der Waals surface area contributed by atoms with Crippen molar-refractivity contribution in [1.29, 1.82) is 0 Å². The van der Waals surface area contributed by atoms with Gasteiger partial charge in [0.2, 0.25) is 6.29 Å². The highest BCUT2D eigenvalue weighted by molar-refractivity contribution is 5.75. The van der Waals surface area contributed by atoms with Crippen LogP contribution in [0.3, 0.4) is 0 Å². The number of fused-ring (bicyclic) bond motifs is 1. The number of esters is 2. The first kappa shape index (κ1) is 33.5. The van der Waals surface area contributed by atoms with E-state index in [0.717, 1.165) is 61.9 Å². The first-order chi connectivity index (χ1) is 22.4. The number of rotatable bonds is 14. The molecule has 246 valence electrons. The molecule has 8 heteroatoms. The molecule has 4 atom stereocenters. The van der Waals surface area contributed by atoms with Gasteiger partial charge >= 0.3 is 11.9 Å². The third-order valence-corrected chi connectivity index (χ3v) is 8.60. The molecular weight excluding hydrogens is 582 g/mol. The first-order valence-electron chi connectivity index (χ1n) is 16.7. The molecule has 5 rings (SSSR count). The molecule has 3 aromatic rings. The lowest BCUT2D eigenvalue weighted by molar-refractivity contribution is -0.206. The van der Waals surface area contributed by atoms with Gasteiger partial charge in [0, 0.05) is 31.4 Å². The number of carbonyl (C=O) groups is 2. The van der Waals surface area contributed by atoms with Crippen molar-refractivity contribution in [3.05, 3.63) is 95.1 Å². The van der Waals surface area contributed by atoms with Crippen molar-refractivity contribution in [3.63, 3.8) is 0 Å². The number of hydrogen-bond donors (Lipinski definition) is 0. The number of benzene rings is 3. The van der Waals surface area contributed by atoms with E-state index in [1.807, 2.05) is 66.7 Å². The molecule has 3 aromatic carbocycles. The summed E-state index contributed by atoms with van der Waals surface area (Å²) in [5.41, 5.74) is 4.27. The Morgan fingerprint density at radius 2 is 1.54 bits per heavy atom. The minimum atomic E-state index is -0.943. The van der Waals surface area contributed by atoms with Gasteiger partial charge in [0.25, 0.3) is 0 Å². The summed E-state index contributed by atoms with van der Waals surface area (Å²) in [5.74, 6) is 0.330. The maximum Gasteiger partial charge on any atom is 0.335 e. The average Bonchev–Trinajstić information content (AvgIpc) is 3.07. The summed E-state index contributed by atoms with van der Waals surface area (Å²) in [5, 5.41) is 0. The number of carbonyl (C=O) groups excluding carboxylic acids is 2. The van der Waals surface area contributed by atoms with E-state index in [1.54, 1.807) is 0 Å². The highest BCUT2D eigenvalue weighted by Gasteiger charge is 2.39. The van der Waals surface area contributed by atoms with Gasteiger partial charge in [-0.25, -0.2) is 4.79 Å². The second kappa shape index (κ2) is 16.6. The lowest BCUT2D eigenvalue weighted by atomic mass is 9.86. The first-order valence-corrected chi connectivity index (χ1v) is 16.7. The number of ether oxygens (including phenoxy) is 5. The maximum atomic E-state index is 13.2. The van der Waals surface area contributed by atoms with E-state index in [2.05, 4.69) is 24.8 Å². The number of hydrogen-bond acceptors (Lipinski definition) is 8. The molecule has 0 aromatic heterocycles. The van der Waals surface area contributed by atoms with E-state index in [4.69, 9.17) is 23.7 Å². The zero-order valence-corrected chi connectivity index (χ0v) is 27.3. The van der Waals surface area contributed by atoms with Crippen LogP contribution in [0, 0.1) is 0 Å². The van der Waals surface area contributed by atoms with Crippen LogP contribution in [0.5, 0.6) is 11.5 Å². The zero-order valence-electron chi connectivity index (χ0n) is 27.3. The van der Waals surface area contributed by atoms with Gasteiger partial charge in [0.1, 0.15) is 19.3 Å². The summed E-state index contributed by atoms with van der Waals surface area (Å²) in [4.78, 5) is 27.8. The molecule has 1 saturated heterocycles. The van der Waals surface area contributed by atoms with Crippen LogP contribution < -0.4 is 9.47 Å². The van der Waals surface area contributed by atoms with E-state index in [1.165, 1.54) is 12.5 Å². The van der Waals surface area contributed by atoms with Crippen molar-refractivity contribution in [3.8, 4) is 11.5 Å². The van der Waals surface area contributed by atoms with E-state index < -0.39 is 30.4 Å². The minimum absolute atomic E-state index is 0.126. The smallest absolute Gasteiger partial charge is 0.335 e. The summed E-state index contributed by atoms with van der Waals surface area (Å²) >= 11 is 0. The Hall–Kier alpha value is -3.88. The molecule has 0 spiro atoms. The fraction of sp³-hybridized carbons (Fsp3) is 0.474. The molecule has 0 saturated carbocycles. The molecule has 1 aliphatic heterocycles. The van der Waals surface area contributed by atoms with Crippen molar-refractivity contribution >= 4 is 11.9 Å². The van der Waals surface area contributed by atoms with Crippen molar-refractivity contribution in [2.45, 2.75) is 103 Å². The molecule has 0 radical (unpaired) electrons. The molecule has 0 N–H and O–H groups in total. The summed E-state index contributed by atoms with van der Waals surface area (Å²) in [6.45, 7) is 8.53. The van der Waals surface area contributed by atoms with Crippen LogP contribution in [0.2, 0.25) is 0 Å². The Kier molecular flexibility index (Phi) is 12.1. The molecular formula is C38H47NO7. The summed E-state index contributed by atoms with van der Waals surface area (Å²) in [7, 11) is 0. The van der Waals surface area contributed by atoms with Crippen molar-refractivity contribution in [2.24, 2.45) is 0 Å². The van der Waals surface area contributed by atoms with Gasteiger partial charge in [-0.1, -0.05) is 80.6 Å². The zero-order chi connectivity index (χ0) is 32.3. The highest BCUT2D eigenvalue weighted by atomic mass is 16.7. The van der Waals surface area contributed by atoms with Gasteiger partial charge in [0.15, 0.2) is 17.6 Å². The molecule has 46 heavy (non-hydrogen) atoms. The van der Waals surface area contributed by atoms with E-state index in [-0.39, 0.29) is 19.4 Å². The maximum absolute atomic E-state index is 13.2. The Bertz CT molecular complexity index is 1410. The van der Waals surface area contributed by atoms with Gasteiger partial charge in [0.05, 0.1) is 0 Å². The van der Waals surface area contributed by atoms with E-state index in [0.29, 0.717) is 24.1 Å². The third-order valence-electron chi connectivity index (χ3n) is 8.60. The Balaban J connectivity index is 1.38. The van der Waals surface area contributed by atoms with Gasteiger partial charge in [-0.2, -0.15) is 0 Å². The van der Waals surface area contributed by atoms with E-state index in [9.17, 15) is 9.59 Å². The monoisotopic (exact) mass is 629 g/mol. The van der Waals surface area contributed by atoms with Gasteiger partial charge in [-0.05, 0) is 68.0 Å². The normalized spacial score (nSPS) is 20.9. The van der Waals surface area contributed by atoms with Crippen LogP contribution in [0.4, 0.5) is 0 Å². The average molecular weight is 630 g/mol. The Labute approximate surface area is 272 Å². The van der Waals surface area contributed by atoms with Gasteiger partial charge in [-0.15, -0.1) is 0 Å². The van der Waals surface area contributed by atoms with Crippen LogP contribution in [-0.4, -0.2) is 54.5 Å². The Morgan fingerprint density at radius 1 is 0.870 bits per heavy atom. The molecule has 1 heterocycles. The van der Waals surface area contributed by atoms with Crippen molar-refractivity contribution < 1.29 is 33.3 Å². The fourth-order valence-electron chi connectivity index (χ4n) is 6.48. The minimum Gasteiger partial charge on any atom is -0.485 e. The summed E-state index contributed by atoms with van der Waals surface area (Å²) < 4.78 is 30.5. The van der Waals surface area contributed by atoms with Crippen LogP contribution in [0.1, 0.15) is 75.1 Å². The Morgan fingerprint density at radius 3 is 2.20 bits per heavy atom. The largest absolute Gasteiger partial charge is 0.485 e. The topological polar surface area (TPSA) is 83.5 Å². The molecule has 4 unspecified atom stereocenters. The standard InChI is InChI=1S/C38H47NO7/c1-4-20-39(21-5-2)31-17-18-33-30(22-31)16-19-34(42-25-28-12-8-6-9-13-28)37(33)46-36-24-32(44-27(3)40)23-35(45-36)38(41)43-26-29-14-10-7-11-15-29/h6-16,19,31-32,35-36H,4-5,17-18,20-26H2,1-3H3. The second-order valence-corrected chi connectivity index (χ2v) is 12.2. The van der Waals surface area contributed by atoms with Gasteiger partial charge in [-0.3, -0.25) is 4.79 Å². The SMILES string of the molecule is CCCN(CCC)C1CCc2c(ccc(OCc3ccccc3)c2OC2CC(OC(C)=O)CC(C(=O)OCc3ccccc3)O2)C1. The van der Waals surface area contributed by atoms with Crippen LogP contribution in [0.15, 0.2) is 72.8 Å². The molecule has 1 aliphatic carbocycles. The van der Waals surface area contributed by atoms with Crippen LogP contribution in [-0.2, 0) is 49.9 Å². The molecule has 1 fully saturated rings. The highest BCUT2D eigenvalue weighted by Crippen LogP contribution is 2.41. The predicted molar refractivity (Wildman–Crippen MR) is 175 cm³/mol. The fourth-order valence-corrected chi connectivity index (χ4v) is 6.48. The van der Waals surface area contributed by atoms with Gasteiger partial charge < -0.3 is 28.6 Å². The van der Waals surface area contributed by atoms with Crippen molar-refractivity contribution in [1.82, 2.24) is 4.90 Å². The number of nitrogens with zero attached hydrogens (tertiary/aromatic N) is 1. The van der Waals surface area contributed by atoms with Crippen molar-refractivity contribution in [2.75, 3.05) is 13.1 Å². The quantitative estimate of drug-likeness (QED) is 0.180. The molecule has 0 amide bonds. The second-order valence-electron chi connectivity index (χ2n) is 12.2. The lowest BCUT2D eigenvalue weighted by Crippen LogP contribution is -2.44. The predicted octanol–water partition coefficient (Wildman–Crippen LogP) is 6.80.